The van der Waals surface area contributed by atoms with Gasteiger partial charge in [0.1, 0.15) is 18.2 Å². The number of hydrogen-bond acceptors (Lipinski definition) is 10. The van der Waals surface area contributed by atoms with Gasteiger partial charge in [0.15, 0.2) is 0 Å². The summed E-state index contributed by atoms with van der Waals surface area (Å²) < 4.78 is 19.0. The number of anilines is 2. The van der Waals surface area contributed by atoms with Crippen molar-refractivity contribution in [3.8, 4) is 11.6 Å². The standard InChI is InChI=1S/C26H32ClN7O5/c1-37-21-9-19(10-26(35)36)34(15-21)18-3-5-20(6-4-18)39-24-7-8-32(13-17(24)14-33-16-29-30-31-33)23-11-25(38-2)28-12-22(23)27/h3-6,11-12,16-17,19,21,24H,7-10,13-15H2,1-2H3,(H,35,36)/t17?,19-,21-,24?/m1/s1. The normalized spacial score (nSPS) is 23.2. The Morgan fingerprint density at radius 1 is 1.21 bits per heavy atom. The monoisotopic (exact) mass is 557 g/mol. The summed E-state index contributed by atoms with van der Waals surface area (Å²) >= 11 is 6.50. The zero-order valence-electron chi connectivity index (χ0n) is 21.9. The van der Waals surface area contributed by atoms with E-state index in [9.17, 15) is 9.90 Å². The number of carboxylic acid groups (broad SMARTS) is 1. The van der Waals surface area contributed by atoms with Crippen LogP contribution < -0.4 is 19.3 Å². The zero-order chi connectivity index (χ0) is 27.4. The van der Waals surface area contributed by atoms with Gasteiger partial charge in [-0.1, -0.05) is 11.6 Å². The van der Waals surface area contributed by atoms with Crippen LogP contribution in [0.1, 0.15) is 19.3 Å². The summed E-state index contributed by atoms with van der Waals surface area (Å²) in [5.41, 5.74) is 1.82. The molecule has 2 saturated heterocycles. The van der Waals surface area contributed by atoms with Crippen molar-refractivity contribution >= 4 is 28.9 Å². The highest BCUT2D eigenvalue weighted by molar-refractivity contribution is 6.33. The topological polar surface area (TPSA) is 128 Å². The highest BCUT2D eigenvalue weighted by Gasteiger charge is 2.35. The van der Waals surface area contributed by atoms with Crippen molar-refractivity contribution in [3.05, 3.63) is 47.9 Å². The van der Waals surface area contributed by atoms with Gasteiger partial charge in [-0.2, -0.15) is 0 Å². The summed E-state index contributed by atoms with van der Waals surface area (Å²) in [6, 6.07) is 9.59. The summed E-state index contributed by atoms with van der Waals surface area (Å²) in [4.78, 5) is 19.9. The van der Waals surface area contributed by atoms with Crippen LogP contribution in [0.3, 0.4) is 0 Å². The number of carbonyl (C=O) groups is 1. The van der Waals surface area contributed by atoms with Gasteiger partial charge >= 0.3 is 5.97 Å². The molecule has 1 aromatic carbocycles. The van der Waals surface area contributed by atoms with Gasteiger partial charge in [-0.25, -0.2) is 9.67 Å². The summed E-state index contributed by atoms with van der Waals surface area (Å²) in [5.74, 6) is 0.511. The van der Waals surface area contributed by atoms with E-state index in [0.29, 0.717) is 37.0 Å². The molecule has 2 aromatic heterocycles. The van der Waals surface area contributed by atoms with Gasteiger partial charge in [-0.15, -0.1) is 5.10 Å². The first-order chi connectivity index (χ1) is 18.9. The third-order valence-corrected chi connectivity index (χ3v) is 7.70. The minimum Gasteiger partial charge on any atom is -0.490 e. The third-order valence-electron chi connectivity index (χ3n) is 7.41. The maximum atomic E-state index is 11.4. The SMILES string of the molecule is COc1cc(N2CCC(Oc3ccc(N4C[C@H](OC)C[C@@H]4CC(=O)O)cc3)C(Cn3cnnn3)C2)c(Cl)cn1. The maximum Gasteiger partial charge on any atom is 0.305 e. The number of carboxylic acids is 1. The maximum absolute atomic E-state index is 11.4. The molecule has 5 rings (SSSR count). The molecule has 1 N–H and O–H groups in total. The fraction of sp³-hybridized carbons (Fsp3) is 0.500. The number of rotatable bonds is 10. The van der Waals surface area contributed by atoms with Crippen molar-refractivity contribution in [1.29, 1.82) is 0 Å². The first-order valence-electron chi connectivity index (χ1n) is 12.9. The average Bonchev–Trinajstić information content (AvgIpc) is 3.60. The first-order valence-corrected chi connectivity index (χ1v) is 13.2. The van der Waals surface area contributed by atoms with Gasteiger partial charge in [0, 0.05) is 56.9 Å². The molecule has 0 radical (unpaired) electrons. The Balaban J connectivity index is 1.30. The van der Waals surface area contributed by atoms with E-state index in [1.165, 1.54) is 0 Å². The number of piperidine rings is 1. The highest BCUT2D eigenvalue weighted by atomic mass is 35.5. The third kappa shape index (κ3) is 6.34. The highest BCUT2D eigenvalue weighted by Crippen LogP contribution is 2.35. The second kappa shape index (κ2) is 12.0. The van der Waals surface area contributed by atoms with Crippen LogP contribution in [0.15, 0.2) is 42.9 Å². The Bertz CT molecular complexity index is 1250. The predicted molar refractivity (Wildman–Crippen MR) is 144 cm³/mol. The molecule has 3 aromatic rings. The van der Waals surface area contributed by atoms with E-state index in [-0.39, 0.29) is 30.6 Å². The second-order valence-corrected chi connectivity index (χ2v) is 10.3. The molecular weight excluding hydrogens is 526 g/mol. The first kappa shape index (κ1) is 26.9. The van der Waals surface area contributed by atoms with Crippen LogP contribution in [0.4, 0.5) is 11.4 Å². The quantitative estimate of drug-likeness (QED) is 0.395. The molecule has 13 heteroatoms. The Hall–Kier alpha value is -3.64. The van der Waals surface area contributed by atoms with Crippen molar-refractivity contribution in [3.63, 3.8) is 0 Å². The van der Waals surface area contributed by atoms with Crippen LogP contribution in [-0.4, -0.2) is 88.4 Å². The molecule has 0 bridgehead atoms. The van der Waals surface area contributed by atoms with Gasteiger partial charge < -0.3 is 29.1 Å². The molecule has 2 aliphatic heterocycles. The summed E-state index contributed by atoms with van der Waals surface area (Å²) in [5, 5.41) is 21.5. The largest absolute Gasteiger partial charge is 0.490 e. The lowest BCUT2D eigenvalue weighted by Crippen LogP contribution is -2.47. The van der Waals surface area contributed by atoms with Gasteiger partial charge in [-0.05, 0) is 41.1 Å². The number of benzene rings is 1. The lowest BCUT2D eigenvalue weighted by molar-refractivity contribution is -0.137. The molecule has 208 valence electrons. The van der Waals surface area contributed by atoms with Gasteiger partial charge in [0.2, 0.25) is 5.88 Å². The van der Waals surface area contributed by atoms with Crippen LogP contribution in [0.25, 0.3) is 0 Å². The second-order valence-electron chi connectivity index (χ2n) is 9.85. The molecule has 2 aliphatic rings. The summed E-state index contributed by atoms with van der Waals surface area (Å²) in [7, 11) is 3.25. The fourth-order valence-corrected chi connectivity index (χ4v) is 5.70. The Morgan fingerprint density at radius 2 is 2.03 bits per heavy atom. The Kier molecular flexibility index (Phi) is 8.32. The molecule has 2 unspecified atom stereocenters. The van der Waals surface area contributed by atoms with Crippen LogP contribution in [-0.2, 0) is 16.1 Å². The van der Waals surface area contributed by atoms with Gasteiger partial charge in [-0.3, -0.25) is 4.79 Å². The fourth-order valence-electron chi connectivity index (χ4n) is 5.47. The van der Waals surface area contributed by atoms with Gasteiger partial charge in [0.25, 0.3) is 0 Å². The van der Waals surface area contributed by atoms with E-state index in [4.69, 9.17) is 25.8 Å². The molecule has 4 atom stereocenters. The molecule has 2 fully saturated rings. The van der Waals surface area contributed by atoms with Crippen LogP contribution >= 0.6 is 11.6 Å². The predicted octanol–water partition coefficient (Wildman–Crippen LogP) is 2.77. The molecule has 4 heterocycles. The van der Waals surface area contributed by atoms with Crippen LogP contribution in [0.2, 0.25) is 5.02 Å². The minimum atomic E-state index is -0.812. The van der Waals surface area contributed by atoms with Crippen molar-refractivity contribution < 1.29 is 24.1 Å². The molecule has 0 saturated carbocycles. The van der Waals surface area contributed by atoms with Crippen molar-refractivity contribution in [2.75, 3.05) is 43.7 Å². The number of halogens is 1. The van der Waals surface area contributed by atoms with E-state index >= 15 is 0 Å². The number of pyridine rings is 1. The lowest BCUT2D eigenvalue weighted by atomic mass is 9.93. The number of nitrogens with zero attached hydrogens (tertiary/aromatic N) is 7. The average molecular weight is 558 g/mol. The number of methoxy groups -OCH3 is 2. The zero-order valence-corrected chi connectivity index (χ0v) is 22.6. The lowest BCUT2D eigenvalue weighted by Gasteiger charge is -2.40. The van der Waals surface area contributed by atoms with E-state index in [1.807, 2.05) is 30.3 Å². The molecule has 39 heavy (non-hydrogen) atoms. The molecule has 12 nitrogen and oxygen atoms in total. The number of aromatic nitrogens is 5. The molecule has 0 aliphatic carbocycles. The molecular formula is C26H32ClN7O5. The minimum absolute atomic E-state index is 0.0105. The van der Waals surface area contributed by atoms with Crippen molar-refractivity contribution in [1.82, 2.24) is 25.2 Å². The number of hydrogen-bond donors (Lipinski definition) is 1. The number of aliphatic carboxylic acids is 1. The smallest absolute Gasteiger partial charge is 0.305 e. The van der Waals surface area contributed by atoms with E-state index in [1.54, 1.807) is 31.4 Å². The Morgan fingerprint density at radius 3 is 2.72 bits per heavy atom. The molecule has 0 amide bonds. The summed E-state index contributed by atoms with van der Waals surface area (Å²) in [6.07, 6.45) is 4.66. The summed E-state index contributed by atoms with van der Waals surface area (Å²) in [6.45, 7) is 2.65. The van der Waals surface area contributed by atoms with Crippen LogP contribution in [0.5, 0.6) is 11.6 Å². The number of ether oxygens (including phenoxy) is 3. The number of tetrazole rings is 1. The van der Waals surface area contributed by atoms with Gasteiger partial charge in [0.05, 0.1) is 43.1 Å². The van der Waals surface area contributed by atoms with Crippen LogP contribution in [0, 0.1) is 5.92 Å². The Labute approximate surface area is 231 Å². The van der Waals surface area contributed by atoms with E-state index in [2.05, 4.69) is 30.3 Å². The molecule has 0 spiro atoms. The van der Waals surface area contributed by atoms with Crippen molar-refractivity contribution in [2.24, 2.45) is 5.92 Å². The van der Waals surface area contributed by atoms with E-state index in [0.717, 1.165) is 30.1 Å². The van der Waals surface area contributed by atoms with E-state index < -0.39 is 5.97 Å². The van der Waals surface area contributed by atoms with Crippen molar-refractivity contribution in [2.45, 2.75) is 44.1 Å².